The van der Waals surface area contributed by atoms with Crippen LogP contribution in [0.3, 0.4) is 0 Å². The van der Waals surface area contributed by atoms with Gasteiger partial charge in [0.15, 0.2) is 11.0 Å². The van der Waals surface area contributed by atoms with Crippen LogP contribution in [-0.2, 0) is 16.1 Å². The standard InChI is InChI=1S/C19H18ClN5O2S/c1-12-3-2-4-13(9-12)18-23-24-19(25(18)10-16(21)26)28-11-17(27)22-15-7-5-14(20)6-8-15/h2-9H,10-11H2,1H3,(H2,21,26)(H,22,27). The maximum atomic E-state index is 12.2. The monoisotopic (exact) mass is 415 g/mol. The van der Waals surface area contributed by atoms with Crippen molar-refractivity contribution in [2.45, 2.75) is 18.6 Å². The predicted molar refractivity (Wildman–Crippen MR) is 110 cm³/mol. The fourth-order valence-corrected chi connectivity index (χ4v) is 3.42. The highest BCUT2D eigenvalue weighted by molar-refractivity contribution is 7.99. The quantitative estimate of drug-likeness (QED) is 0.577. The zero-order valence-electron chi connectivity index (χ0n) is 15.1. The Morgan fingerprint density at radius 1 is 1.18 bits per heavy atom. The second-order valence-corrected chi connectivity index (χ2v) is 7.45. The molecular weight excluding hydrogens is 398 g/mol. The number of nitrogens with zero attached hydrogens (tertiary/aromatic N) is 3. The first-order chi connectivity index (χ1) is 13.4. The van der Waals surface area contributed by atoms with E-state index in [-0.39, 0.29) is 18.2 Å². The number of anilines is 1. The van der Waals surface area contributed by atoms with Crippen LogP contribution in [0.15, 0.2) is 53.7 Å². The van der Waals surface area contributed by atoms with Crippen molar-refractivity contribution in [1.29, 1.82) is 0 Å². The van der Waals surface area contributed by atoms with Gasteiger partial charge in [-0.25, -0.2) is 0 Å². The van der Waals surface area contributed by atoms with Crippen molar-refractivity contribution in [2.24, 2.45) is 5.73 Å². The number of carbonyl (C=O) groups is 2. The van der Waals surface area contributed by atoms with E-state index >= 15 is 0 Å². The summed E-state index contributed by atoms with van der Waals surface area (Å²) in [5.41, 5.74) is 7.92. The van der Waals surface area contributed by atoms with Crippen molar-refractivity contribution in [3.05, 3.63) is 59.1 Å². The molecular formula is C19H18ClN5O2S. The lowest BCUT2D eigenvalue weighted by Gasteiger charge is -2.09. The van der Waals surface area contributed by atoms with Gasteiger partial charge in [0, 0.05) is 16.3 Å². The lowest BCUT2D eigenvalue weighted by Crippen LogP contribution is -2.20. The average molecular weight is 416 g/mol. The first-order valence-electron chi connectivity index (χ1n) is 8.39. The molecule has 0 fully saturated rings. The largest absolute Gasteiger partial charge is 0.368 e. The molecule has 9 heteroatoms. The fraction of sp³-hybridized carbons (Fsp3) is 0.158. The molecule has 3 rings (SSSR count). The van der Waals surface area contributed by atoms with Gasteiger partial charge in [-0.15, -0.1) is 10.2 Å². The zero-order chi connectivity index (χ0) is 20.1. The van der Waals surface area contributed by atoms with Gasteiger partial charge in [-0.1, -0.05) is 47.1 Å². The van der Waals surface area contributed by atoms with E-state index in [1.54, 1.807) is 28.8 Å². The van der Waals surface area contributed by atoms with E-state index in [9.17, 15) is 9.59 Å². The van der Waals surface area contributed by atoms with Crippen molar-refractivity contribution < 1.29 is 9.59 Å². The SMILES string of the molecule is Cc1cccc(-c2nnc(SCC(=O)Nc3ccc(Cl)cc3)n2CC(N)=O)c1. The molecule has 3 aromatic rings. The van der Waals surface area contributed by atoms with Crippen LogP contribution in [-0.4, -0.2) is 32.3 Å². The highest BCUT2D eigenvalue weighted by Crippen LogP contribution is 2.25. The van der Waals surface area contributed by atoms with Crippen LogP contribution in [0.2, 0.25) is 5.02 Å². The number of thioether (sulfide) groups is 1. The highest BCUT2D eigenvalue weighted by Gasteiger charge is 2.17. The lowest BCUT2D eigenvalue weighted by molar-refractivity contribution is -0.118. The number of hydrogen-bond donors (Lipinski definition) is 2. The minimum absolute atomic E-state index is 0.0720. The minimum Gasteiger partial charge on any atom is -0.368 e. The first kappa shape index (κ1) is 19.9. The molecule has 1 heterocycles. The van der Waals surface area contributed by atoms with Gasteiger partial charge in [-0.05, 0) is 37.3 Å². The van der Waals surface area contributed by atoms with Crippen LogP contribution < -0.4 is 11.1 Å². The number of aromatic nitrogens is 3. The summed E-state index contributed by atoms with van der Waals surface area (Å²) in [6.07, 6.45) is 0. The topological polar surface area (TPSA) is 103 Å². The number of benzene rings is 2. The Morgan fingerprint density at radius 3 is 2.61 bits per heavy atom. The van der Waals surface area contributed by atoms with Crippen LogP contribution >= 0.6 is 23.4 Å². The van der Waals surface area contributed by atoms with E-state index in [1.165, 1.54) is 11.8 Å². The van der Waals surface area contributed by atoms with Crippen LogP contribution in [0, 0.1) is 6.92 Å². The number of aryl methyl sites for hydroxylation is 1. The lowest BCUT2D eigenvalue weighted by atomic mass is 10.1. The minimum atomic E-state index is -0.513. The van der Waals surface area contributed by atoms with Gasteiger partial charge >= 0.3 is 0 Å². The summed E-state index contributed by atoms with van der Waals surface area (Å²) in [5, 5.41) is 12.1. The maximum Gasteiger partial charge on any atom is 0.237 e. The van der Waals surface area contributed by atoms with Crippen molar-refractivity contribution in [1.82, 2.24) is 14.8 Å². The van der Waals surface area contributed by atoms with Crippen molar-refractivity contribution >= 4 is 40.9 Å². The third-order valence-corrected chi connectivity index (χ3v) is 4.99. The summed E-state index contributed by atoms with van der Waals surface area (Å²) in [4.78, 5) is 23.7. The summed E-state index contributed by atoms with van der Waals surface area (Å²) >= 11 is 7.02. The second-order valence-electron chi connectivity index (χ2n) is 6.07. The van der Waals surface area contributed by atoms with E-state index < -0.39 is 5.91 Å². The molecule has 0 radical (unpaired) electrons. The smallest absolute Gasteiger partial charge is 0.237 e. The van der Waals surface area contributed by atoms with Crippen LogP contribution in [0.1, 0.15) is 5.56 Å². The van der Waals surface area contributed by atoms with E-state index in [1.807, 2.05) is 31.2 Å². The number of nitrogens with one attached hydrogen (secondary N) is 1. The Kier molecular flexibility index (Phi) is 6.33. The molecule has 0 atom stereocenters. The fourth-order valence-electron chi connectivity index (χ4n) is 2.55. The molecule has 144 valence electrons. The molecule has 7 nitrogen and oxygen atoms in total. The van der Waals surface area contributed by atoms with Crippen LogP contribution in [0.4, 0.5) is 5.69 Å². The molecule has 28 heavy (non-hydrogen) atoms. The summed E-state index contributed by atoms with van der Waals surface area (Å²) in [7, 11) is 0. The van der Waals surface area contributed by atoms with E-state index in [0.29, 0.717) is 21.7 Å². The Morgan fingerprint density at radius 2 is 1.93 bits per heavy atom. The molecule has 3 N–H and O–H groups in total. The molecule has 2 aromatic carbocycles. The van der Waals surface area contributed by atoms with Gasteiger partial charge in [-0.2, -0.15) is 0 Å². The molecule has 1 aromatic heterocycles. The Labute approximate surface area is 171 Å². The van der Waals surface area contributed by atoms with Gasteiger partial charge < -0.3 is 11.1 Å². The van der Waals surface area contributed by atoms with Crippen molar-refractivity contribution in [3.8, 4) is 11.4 Å². The Balaban J connectivity index is 1.75. The van der Waals surface area contributed by atoms with Gasteiger partial charge in [-0.3, -0.25) is 14.2 Å². The Bertz CT molecular complexity index is 1000. The molecule has 0 saturated carbocycles. The summed E-state index contributed by atoms with van der Waals surface area (Å²) in [6, 6.07) is 14.5. The second kappa shape index (κ2) is 8.90. The average Bonchev–Trinajstić information content (AvgIpc) is 3.04. The molecule has 0 aliphatic carbocycles. The zero-order valence-corrected chi connectivity index (χ0v) is 16.6. The summed E-state index contributed by atoms with van der Waals surface area (Å²) in [6.45, 7) is 1.90. The Hall–Kier alpha value is -2.84. The maximum absolute atomic E-state index is 12.2. The van der Waals surface area contributed by atoms with E-state index in [0.717, 1.165) is 11.1 Å². The predicted octanol–water partition coefficient (Wildman–Crippen LogP) is 3.12. The normalized spacial score (nSPS) is 10.6. The molecule has 0 aliphatic rings. The molecule has 0 bridgehead atoms. The number of nitrogens with two attached hydrogens (primary N) is 1. The molecule has 0 unspecified atom stereocenters. The van der Waals surface area contributed by atoms with Gasteiger partial charge in [0.1, 0.15) is 6.54 Å². The highest BCUT2D eigenvalue weighted by atomic mass is 35.5. The molecule has 2 amide bonds. The van der Waals surface area contributed by atoms with Gasteiger partial charge in [0.25, 0.3) is 0 Å². The van der Waals surface area contributed by atoms with Gasteiger partial charge in [0.2, 0.25) is 11.8 Å². The molecule has 0 aliphatic heterocycles. The first-order valence-corrected chi connectivity index (χ1v) is 9.75. The number of carbonyl (C=O) groups excluding carboxylic acids is 2. The molecule has 0 spiro atoms. The third kappa shape index (κ3) is 5.11. The summed E-state index contributed by atoms with van der Waals surface area (Å²) < 4.78 is 1.62. The van der Waals surface area contributed by atoms with Crippen LogP contribution in [0.25, 0.3) is 11.4 Å². The van der Waals surface area contributed by atoms with Crippen LogP contribution in [0.5, 0.6) is 0 Å². The number of hydrogen-bond acceptors (Lipinski definition) is 5. The van der Waals surface area contributed by atoms with Crippen molar-refractivity contribution in [2.75, 3.05) is 11.1 Å². The van der Waals surface area contributed by atoms with Crippen molar-refractivity contribution in [3.63, 3.8) is 0 Å². The number of primary amides is 1. The summed E-state index contributed by atoms with van der Waals surface area (Å²) in [5.74, 6) is -0.0878. The number of halogens is 1. The van der Waals surface area contributed by atoms with E-state index in [4.69, 9.17) is 17.3 Å². The number of rotatable bonds is 7. The third-order valence-electron chi connectivity index (χ3n) is 3.77. The van der Waals surface area contributed by atoms with E-state index in [2.05, 4.69) is 15.5 Å². The molecule has 0 saturated heterocycles. The number of amides is 2. The van der Waals surface area contributed by atoms with Gasteiger partial charge in [0.05, 0.1) is 5.75 Å².